The normalized spacial score (nSPS) is 37.5. The Labute approximate surface area is 55.0 Å². The molecular formula is C6H13NS. The molecule has 1 aliphatic heterocycles. The molecule has 0 aromatic rings. The third-order valence-electron chi connectivity index (χ3n) is 1.76. The Kier molecular flexibility index (Phi) is 1.83. The van der Waals surface area contributed by atoms with Gasteiger partial charge in [0.15, 0.2) is 0 Å². The molecule has 0 aromatic carbocycles. The number of nitrogens with two attached hydrogens (primary N) is 1. The van der Waals surface area contributed by atoms with E-state index in [4.69, 9.17) is 5.73 Å². The number of rotatable bonds is 1. The van der Waals surface area contributed by atoms with E-state index in [-0.39, 0.29) is 0 Å². The second kappa shape index (κ2) is 2.28. The van der Waals surface area contributed by atoms with E-state index in [1.165, 1.54) is 5.75 Å². The lowest BCUT2D eigenvalue weighted by Crippen LogP contribution is -2.41. The van der Waals surface area contributed by atoms with E-state index >= 15 is 0 Å². The van der Waals surface area contributed by atoms with Crippen molar-refractivity contribution in [2.24, 2.45) is 17.6 Å². The zero-order valence-electron chi connectivity index (χ0n) is 5.42. The summed E-state index contributed by atoms with van der Waals surface area (Å²) in [4.78, 5) is 0. The second-order valence-corrected chi connectivity index (χ2v) is 3.92. The van der Waals surface area contributed by atoms with Crippen LogP contribution in [0.3, 0.4) is 0 Å². The first-order chi connectivity index (χ1) is 3.72. The van der Waals surface area contributed by atoms with Gasteiger partial charge in [-0.25, -0.2) is 0 Å². The average molecular weight is 131 g/mol. The van der Waals surface area contributed by atoms with Gasteiger partial charge in [0.2, 0.25) is 0 Å². The fourth-order valence-electron chi connectivity index (χ4n) is 0.890. The van der Waals surface area contributed by atoms with Gasteiger partial charge < -0.3 is 5.73 Å². The molecule has 1 nitrogen and oxygen atoms in total. The minimum atomic E-state index is 0.440. The molecule has 0 saturated carbocycles. The molecule has 2 atom stereocenters. The van der Waals surface area contributed by atoms with Gasteiger partial charge in [-0.15, -0.1) is 11.8 Å². The largest absolute Gasteiger partial charge is 0.319 e. The maximum absolute atomic E-state index is 5.69. The van der Waals surface area contributed by atoms with Crippen molar-refractivity contribution in [1.29, 1.82) is 0 Å². The first-order valence-corrected chi connectivity index (χ1v) is 4.14. The van der Waals surface area contributed by atoms with E-state index in [0.29, 0.717) is 5.37 Å². The van der Waals surface area contributed by atoms with Gasteiger partial charge >= 0.3 is 0 Å². The second-order valence-electron chi connectivity index (χ2n) is 2.71. The van der Waals surface area contributed by atoms with Gasteiger partial charge in [-0.2, -0.15) is 0 Å². The number of thioether (sulfide) groups is 1. The third-order valence-corrected chi connectivity index (χ3v) is 3.07. The molecule has 0 radical (unpaired) electrons. The van der Waals surface area contributed by atoms with Gasteiger partial charge in [-0.1, -0.05) is 13.8 Å². The molecule has 0 aromatic heterocycles. The van der Waals surface area contributed by atoms with Crippen molar-refractivity contribution in [2.45, 2.75) is 19.2 Å². The highest BCUT2D eigenvalue weighted by Crippen LogP contribution is 2.35. The minimum absolute atomic E-state index is 0.440. The molecule has 1 aliphatic rings. The highest BCUT2D eigenvalue weighted by atomic mass is 32.2. The minimum Gasteiger partial charge on any atom is -0.319 e. The Morgan fingerprint density at radius 3 is 2.25 bits per heavy atom. The Morgan fingerprint density at radius 1 is 1.62 bits per heavy atom. The van der Waals surface area contributed by atoms with Crippen molar-refractivity contribution in [3.8, 4) is 0 Å². The molecule has 2 N–H and O–H groups in total. The molecule has 0 amide bonds. The van der Waals surface area contributed by atoms with Gasteiger partial charge in [0.05, 0.1) is 5.37 Å². The van der Waals surface area contributed by atoms with E-state index in [2.05, 4.69) is 13.8 Å². The first kappa shape index (κ1) is 6.43. The molecule has 1 fully saturated rings. The predicted octanol–water partition coefficient (Wildman–Crippen LogP) is 1.29. The summed E-state index contributed by atoms with van der Waals surface area (Å²) in [7, 11) is 0. The molecule has 0 aliphatic carbocycles. The molecule has 1 saturated heterocycles. The van der Waals surface area contributed by atoms with Crippen LogP contribution in [0.25, 0.3) is 0 Å². The lowest BCUT2D eigenvalue weighted by molar-refractivity contribution is 0.392. The molecule has 2 heteroatoms. The highest BCUT2D eigenvalue weighted by Gasteiger charge is 2.30. The van der Waals surface area contributed by atoms with Crippen molar-refractivity contribution in [1.82, 2.24) is 0 Å². The summed E-state index contributed by atoms with van der Waals surface area (Å²) in [5.74, 6) is 2.85. The van der Waals surface area contributed by atoms with Crippen LogP contribution in [0.15, 0.2) is 0 Å². The number of hydrogen-bond acceptors (Lipinski definition) is 2. The van der Waals surface area contributed by atoms with Crippen molar-refractivity contribution in [3.63, 3.8) is 0 Å². The van der Waals surface area contributed by atoms with Gasteiger partial charge in [-0.3, -0.25) is 0 Å². The zero-order chi connectivity index (χ0) is 6.15. The summed E-state index contributed by atoms with van der Waals surface area (Å²) in [6, 6.07) is 0. The van der Waals surface area contributed by atoms with Gasteiger partial charge in [-0.05, 0) is 11.8 Å². The summed E-state index contributed by atoms with van der Waals surface area (Å²) >= 11 is 1.87. The van der Waals surface area contributed by atoms with E-state index in [9.17, 15) is 0 Å². The summed E-state index contributed by atoms with van der Waals surface area (Å²) in [5.41, 5.74) is 5.69. The SMILES string of the molecule is CC(C)[C@@H]1CSC1N. The monoisotopic (exact) mass is 131 g/mol. The Balaban J connectivity index is 2.26. The first-order valence-electron chi connectivity index (χ1n) is 3.09. The lowest BCUT2D eigenvalue weighted by atomic mass is 9.97. The van der Waals surface area contributed by atoms with E-state index in [1.54, 1.807) is 0 Å². The molecule has 0 spiro atoms. The lowest BCUT2D eigenvalue weighted by Gasteiger charge is -2.35. The fourth-order valence-corrected chi connectivity index (χ4v) is 2.23. The van der Waals surface area contributed by atoms with Crippen molar-refractivity contribution in [3.05, 3.63) is 0 Å². The van der Waals surface area contributed by atoms with Crippen LogP contribution in [0.4, 0.5) is 0 Å². The smallest absolute Gasteiger partial charge is 0.0546 e. The third kappa shape index (κ3) is 1.00. The molecular weight excluding hydrogens is 118 g/mol. The summed E-state index contributed by atoms with van der Waals surface area (Å²) in [6.07, 6.45) is 0. The maximum Gasteiger partial charge on any atom is 0.0546 e. The standard InChI is InChI=1S/C6H13NS/c1-4(2)5-3-8-6(5)7/h4-6H,3,7H2,1-2H3/t5-,6?/m0/s1. The van der Waals surface area contributed by atoms with Crippen molar-refractivity contribution < 1.29 is 0 Å². The van der Waals surface area contributed by atoms with Crippen molar-refractivity contribution in [2.75, 3.05) is 5.75 Å². The van der Waals surface area contributed by atoms with Gasteiger partial charge in [0.1, 0.15) is 0 Å². The van der Waals surface area contributed by atoms with Crippen LogP contribution in [0.1, 0.15) is 13.8 Å². The van der Waals surface area contributed by atoms with Crippen LogP contribution in [0.5, 0.6) is 0 Å². The molecule has 1 unspecified atom stereocenters. The van der Waals surface area contributed by atoms with Crippen LogP contribution < -0.4 is 5.73 Å². The Hall–Kier alpha value is 0.310. The van der Waals surface area contributed by atoms with Crippen LogP contribution >= 0.6 is 11.8 Å². The highest BCUT2D eigenvalue weighted by molar-refractivity contribution is 8.01. The van der Waals surface area contributed by atoms with Crippen LogP contribution in [-0.4, -0.2) is 11.1 Å². The van der Waals surface area contributed by atoms with E-state index in [1.807, 2.05) is 11.8 Å². The maximum atomic E-state index is 5.69. The quantitative estimate of drug-likeness (QED) is 0.580. The molecule has 8 heavy (non-hydrogen) atoms. The topological polar surface area (TPSA) is 26.0 Å². The molecule has 48 valence electrons. The average Bonchev–Trinajstić information content (AvgIpc) is 1.61. The van der Waals surface area contributed by atoms with Crippen molar-refractivity contribution >= 4 is 11.8 Å². The van der Waals surface area contributed by atoms with E-state index < -0.39 is 0 Å². The Bertz CT molecular complexity index is 77.8. The summed E-state index contributed by atoms with van der Waals surface area (Å²) in [6.45, 7) is 4.48. The molecule has 0 bridgehead atoms. The summed E-state index contributed by atoms with van der Waals surface area (Å²) < 4.78 is 0. The molecule has 1 rings (SSSR count). The molecule has 1 heterocycles. The predicted molar refractivity (Wildman–Crippen MR) is 38.8 cm³/mol. The fraction of sp³-hybridized carbons (Fsp3) is 1.00. The zero-order valence-corrected chi connectivity index (χ0v) is 6.24. The van der Waals surface area contributed by atoms with Gasteiger partial charge in [0.25, 0.3) is 0 Å². The van der Waals surface area contributed by atoms with E-state index in [0.717, 1.165) is 11.8 Å². The van der Waals surface area contributed by atoms with Crippen LogP contribution in [0.2, 0.25) is 0 Å². The number of hydrogen-bond donors (Lipinski definition) is 1. The Morgan fingerprint density at radius 2 is 2.25 bits per heavy atom. The van der Waals surface area contributed by atoms with Crippen LogP contribution in [0, 0.1) is 11.8 Å². The summed E-state index contributed by atoms with van der Waals surface area (Å²) in [5, 5.41) is 0.440. The van der Waals surface area contributed by atoms with Gasteiger partial charge in [0, 0.05) is 5.75 Å². The van der Waals surface area contributed by atoms with Crippen LogP contribution in [-0.2, 0) is 0 Å².